The molecule has 0 radical (unpaired) electrons. The summed E-state index contributed by atoms with van der Waals surface area (Å²) in [5.74, 6) is -0.187. The van der Waals surface area contributed by atoms with E-state index < -0.39 is 4.92 Å². The summed E-state index contributed by atoms with van der Waals surface area (Å²) in [6, 6.07) is 2.68. The largest absolute Gasteiger partial charge is 0.402 e. The number of nitrogen functional groups attached to an aromatic ring is 1. The van der Waals surface area contributed by atoms with Crippen LogP contribution in [-0.4, -0.2) is 15.6 Å². The van der Waals surface area contributed by atoms with E-state index in [4.69, 9.17) is 16.9 Å². The molecule has 1 rings (SSSR count). The van der Waals surface area contributed by atoms with Crippen LogP contribution < -0.4 is 11.5 Å². The van der Waals surface area contributed by atoms with Crippen molar-refractivity contribution in [3.63, 3.8) is 0 Å². The molecule has 0 fully saturated rings. The number of allylic oxidation sites excluding steroid dienone is 2. The summed E-state index contributed by atoms with van der Waals surface area (Å²) in [4.78, 5) is 13.9. The first-order valence-corrected chi connectivity index (χ1v) is 4.77. The molecule has 0 aliphatic heterocycles. The van der Waals surface area contributed by atoms with Gasteiger partial charge in [0, 0.05) is 23.0 Å². The molecule has 0 saturated carbocycles. The molecule has 0 aliphatic carbocycles. The summed E-state index contributed by atoms with van der Waals surface area (Å²) in [6.45, 7) is 3.19. The second kappa shape index (κ2) is 4.60. The smallest absolute Gasteiger partial charge is 0.311 e. The summed E-state index contributed by atoms with van der Waals surface area (Å²) in [5.41, 5.74) is 12.3. The van der Waals surface area contributed by atoms with Crippen molar-refractivity contribution in [2.24, 2.45) is 5.73 Å². The van der Waals surface area contributed by atoms with Crippen molar-refractivity contribution < 1.29 is 4.92 Å². The van der Waals surface area contributed by atoms with Gasteiger partial charge in [-0.2, -0.15) is 0 Å². The first-order valence-electron chi connectivity index (χ1n) is 4.77. The van der Waals surface area contributed by atoms with Crippen LogP contribution in [0.2, 0.25) is 0 Å². The van der Waals surface area contributed by atoms with Crippen LogP contribution in [0, 0.1) is 15.5 Å². The number of anilines is 1. The van der Waals surface area contributed by atoms with Gasteiger partial charge in [0.05, 0.1) is 10.6 Å². The monoisotopic (exact) mass is 235 g/mol. The number of nitrogens with zero attached hydrogens (tertiary/aromatic N) is 2. The fourth-order valence-corrected chi connectivity index (χ4v) is 1.45. The van der Waals surface area contributed by atoms with Crippen molar-refractivity contribution in [3.8, 4) is 0 Å². The molecule has 0 unspecified atom stereocenters. The molecule has 0 amide bonds. The Kier molecular flexibility index (Phi) is 3.42. The Morgan fingerprint density at radius 1 is 1.47 bits per heavy atom. The number of aromatic nitrogens is 1. The fraction of sp³-hybridized carbons (Fsp3) is 0.200. The maximum Gasteiger partial charge on any atom is 0.311 e. The summed E-state index contributed by atoms with van der Waals surface area (Å²) in [5, 5.41) is 18.2. The number of nitro groups is 1. The van der Waals surface area contributed by atoms with Crippen LogP contribution in [-0.2, 0) is 0 Å². The lowest BCUT2D eigenvalue weighted by atomic mass is 10.1. The second-order valence-electron chi connectivity index (χ2n) is 3.54. The van der Waals surface area contributed by atoms with Gasteiger partial charge in [0.2, 0.25) is 5.82 Å². The van der Waals surface area contributed by atoms with Crippen LogP contribution in [0.15, 0.2) is 17.8 Å². The van der Waals surface area contributed by atoms with E-state index in [0.717, 1.165) is 0 Å². The van der Waals surface area contributed by atoms with Crippen LogP contribution in [0.3, 0.4) is 0 Å². The minimum Gasteiger partial charge on any atom is -0.402 e. The lowest BCUT2D eigenvalue weighted by Crippen LogP contribution is -2.08. The second-order valence-corrected chi connectivity index (χ2v) is 3.54. The van der Waals surface area contributed by atoms with E-state index in [1.54, 1.807) is 13.8 Å². The minimum atomic E-state index is -0.609. The van der Waals surface area contributed by atoms with Crippen molar-refractivity contribution in [1.29, 1.82) is 5.41 Å². The predicted molar refractivity (Wildman–Crippen MR) is 65.5 cm³/mol. The van der Waals surface area contributed by atoms with Gasteiger partial charge >= 0.3 is 5.69 Å². The molecule has 0 aliphatic rings. The topological polar surface area (TPSA) is 132 Å². The molecule has 7 nitrogen and oxygen atoms in total. The van der Waals surface area contributed by atoms with Gasteiger partial charge in [-0.25, -0.2) is 4.98 Å². The Bertz CT molecular complexity index is 517. The molecule has 0 bridgehead atoms. The number of nitrogens with one attached hydrogen (secondary N) is 1. The Hall–Kier alpha value is -2.44. The normalized spacial score (nSPS) is 11.9. The van der Waals surface area contributed by atoms with E-state index in [1.165, 1.54) is 12.1 Å². The lowest BCUT2D eigenvalue weighted by molar-refractivity contribution is -0.384. The standard InChI is InChI=1S/C10H13N5O2/c1-5(11)9(6(2)12)7-3-4-8(15(16)17)10(13)14-7/h3-4,11H,12H2,1-2H3,(H2,13,14)/b9-6+,11-5?. The molecular weight excluding hydrogens is 222 g/mol. The first-order chi connectivity index (χ1) is 7.84. The zero-order valence-electron chi connectivity index (χ0n) is 9.52. The van der Waals surface area contributed by atoms with Crippen molar-refractivity contribution in [2.45, 2.75) is 13.8 Å². The molecule has 90 valence electrons. The third-order valence-electron chi connectivity index (χ3n) is 2.12. The van der Waals surface area contributed by atoms with Crippen LogP contribution in [0.5, 0.6) is 0 Å². The van der Waals surface area contributed by atoms with Crippen molar-refractivity contribution in [3.05, 3.63) is 33.6 Å². The highest BCUT2D eigenvalue weighted by Gasteiger charge is 2.16. The van der Waals surface area contributed by atoms with Gasteiger partial charge in [0.1, 0.15) is 0 Å². The molecule has 0 spiro atoms. The lowest BCUT2D eigenvalue weighted by Gasteiger charge is -2.08. The molecule has 0 aromatic carbocycles. The number of hydrogen-bond acceptors (Lipinski definition) is 6. The number of nitrogens with two attached hydrogens (primary N) is 2. The fourth-order valence-electron chi connectivity index (χ4n) is 1.45. The third kappa shape index (κ3) is 2.57. The average molecular weight is 235 g/mol. The highest BCUT2D eigenvalue weighted by atomic mass is 16.6. The van der Waals surface area contributed by atoms with Gasteiger partial charge < -0.3 is 16.9 Å². The van der Waals surface area contributed by atoms with E-state index in [1.807, 2.05) is 0 Å². The van der Waals surface area contributed by atoms with E-state index >= 15 is 0 Å². The molecular formula is C10H13N5O2. The summed E-state index contributed by atoms with van der Waals surface area (Å²) >= 11 is 0. The Morgan fingerprint density at radius 2 is 2.06 bits per heavy atom. The van der Waals surface area contributed by atoms with Crippen LogP contribution >= 0.6 is 0 Å². The van der Waals surface area contributed by atoms with Gasteiger partial charge in [0.25, 0.3) is 0 Å². The SMILES string of the molecule is CC(=N)/C(=C(/C)N)c1ccc([N+](=O)[O-])c(N)n1. The highest BCUT2D eigenvalue weighted by Crippen LogP contribution is 2.23. The van der Waals surface area contributed by atoms with E-state index in [9.17, 15) is 10.1 Å². The van der Waals surface area contributed by atoms with Crippen molar-refractivity contribution >= 4 is 22.8 Å². The summed E-state index contributed by atoms with van der Waals surface area (Å²) in [7, 11) is 0. The molecule has 0 atom stereocenters. The van der Waals surface area contributed by atoms with Crippen LogP contribution in [0.4, 0.5) is 11.5 Å². The maximum absolute atomic E-state index is 10.6. The molecule has 5 N–H and O–H groups in total. The van der Waals surface area contributed by atoms with Crippen molar-refractivity contribution in [2.75, 3.05) is 5.73 Å². The van der Waals surface area contributed by atoms with Crippen LogP contribution in [0.25, 0.3) is 5.57 Å². The molecule has 17 heavy (non-hydrogen) atoms. The van der Waals surface area contributed by atoms with Gasteiger partial charge in [-0.3, -0.25) is 10.1 Å². The highest BCUT2D eigenvalue weighted by molar-refractivity contribution is 6.21. The van der Waals surface area contributed by atoms with Crippen molar-refractivity contribution in [1.82, 2.24) is 4.98 Å². The Morgan fingerprint density at radius 3 is 2.41 bits per heavy atom. The van der Waals surface area contributed by atoms with E-state index in [2.05, 4.69) is 4.98 Å². The molecule has 1 aromatic heterocycles. The van der Waals surface area contributed by atoms with Gasteiger partial charge in [-0.05, 0) is 19.9 Å². The minimum absolute atomic E-state index is 0.187. The summed E-state index contributed by atoms with van der Waals surface area (Å²) in [6.07, 6.45) is 0. The first kappa shape index (κ1) is 12.6. The summed E-state index contributed by atoms with van der Waals surface area (Å²) < 4.78 is 0. The molecule has 1 aromatic rings. The maximum atomic E-state index is 10.6. The van der Waals surface area contributed by atoms with Gasteiger partial charge in [-0.1, -0.05) is 0 Å². The zero-order chi connectivity index (χ0) is 13.2. The van der Waals surface area contributed by atoms with Crippen LogP contribution in [0.1, 0.15) is 19.5 Å². The Labute approximate surface area is 97.8 Å². The Balaban J connectivity index is 3.36. The quantitative estimate of drug-likeness (QED) is 0.412. The molecule has 1 heterocycles. The zero-order valence-corrected chi connectivity index (χ0v) is 9.52. The average Bonchev–Trinajstić information content (AvgIpc) is 2.15. The molecule has 7 heteroatoms. The number of hydrogen-bond donors (Lipinski definition) is 3. The number of pyridine rings is 1. The van der Waals surface area contributed by atoms with E-state index in [-0.39, 0.29) is 17.2 Å². The predicted octanol–water partition coefficient (Wildman–Crippen LogP) is 1.30. The van der Waals surface area contributed by atoms with Gasteiger partial charge in [0.15, 0.2) is 0 Å². The molecule has 0 saturated heterocycles. The number of rotatable bonds is 3. The van der Waals surface area contributed by atoms with Gasteiger partial charge in [-0.15, -0.1) is 0 Å². The third-order valence-corrected chi connectivity index (χ3v) is 2.12. The van der Waals surface area contributed by atoms with E-state index in [0.29, 0.717) is 17.0 Å².